The number of hydrogen-bond acceptors (Lipinski definition) is 5. The molecule has 4 heterocycles. The van der Waals surface area contributed by atoms with E-state index in [4.69, 9.17) is 10.1 Å². The summed E-state index contributed by atoms with van der Waals surface area (Å²) in [5.41, 5.74) is 2.58. The second-order valence-electron chi connectivity index (χ2n) is 8.78. The fourth-order valence-electron chi connectivity index (χ4n) is 3.50. The Morgan fingerprint density at radius 3 is 2.45 bits per heavy atom. The van der Waals surface area contributed by atoms with Gasteiger partial charge in [-0.05, 0) is 43.4 Å². The van der Waals surface area contributed by atoms with Gasteiger partial charge in [-0.1, -0.05) is 20.8 Å². The second kappa shape index (κ2) is 7.46. The third-order valence-electron chi connectivity index (χ3n) is 5.74. The lowest BCUT2D eigenvalue weighted by molar-refractivity contribution is 0.247. The summed E-state index contributed by atoms with van der Waals surface area (Å²) in [5.74, 6) is 1.32. The van der Waals surface area contributed by atoms with Gasteiger partial charge in [0.2, 0.25) is 5.56 Å². The summed E-state index contributed by atoms with van der Waals surface area (Å²) >= 11 is 0. The van der Waals surface area contributed by atoms with Crippen LogP contribution < -0.4 is 10.5 Å². The van der Waals surface area contributed by atoms with Crippen molar-refractivity contribution < 1.29 is 0 Å². The van der Waals surface area contributed by atoms with Gasteiger partial charge in [-0.3, -0.25) is 9.78 Å². The number of rotatable bonds is 4. The second-order valence-corrected chi connectivity index (χ2v) is 8.78. The molecule has 1 atom stereocenters. The van der Waals surface area contributed by atoms with Gasteiger partial charge >= 0.3 is 0 Å². The van der Waals surface area contributed by atoms with Gasteiger partial charge in [0.05, 0.1) is 17.9 Å². The molecule has 1 fully saturated rings. The van der Waals surface area contributed by atoms with E-state index >= 15 is 0 Å². The first-order valence-electron chi connectivity index (χ1n) is 10.2. The SMILES string of the molecule is CC(n1nc(-c2ccc(N3CCCC3)cn2)nc1-c1ccc(=O)[nH]c1)C(C)(C)C. The fourth-order valence-corrected chi connectivity index (χ4v) is 3.50. The summed E-state index contributed by atoms with van der Waals surface area (Å²) in [6, 6.07) is 7.49. The molecule has 7 heteroatoms. The molecular weight excluding hydrogens is 364 g/mol. The lowest BCUT2D eigenvalue weighted by Gasteiger charge is -2.28. The lowest BCUT2D eigenvalue weighted by Crippen LogP contribution is -2.23. The predicted octanol–water partition coefficient (Wildman–Crippen LogP) is 3.90. The van der Waals surface area contributed by atoms with Crippen LogP contribution in [-0.4, -0.2) is 37.8 Å². The van der Waals surface area contributed by atoms with Crippen molar-refractivity contribution in [2.24, 2.45) is 5.41 Å². The Labute approximate surface area is 170 Å². The Kier molecular flexibility index (Phi) is 4.98. The Bertz CT molecular complexity index is 1020. The molecule has 0 bridgehead atoms. The van der Waals surface area contributed by atoms with E-state index < -0.39 is 0 Å². The van der Waals surface area contributed by atoms with Crippen molar-refractivity contribution in [1.29, 1.82) is 0 Å². The molecule has 0 aliphatic carbocycles. The van der Waals surface area contributed by atoms with E-state index in [0.29, 0.717) is 5.82 Å². The molecule has 0 spiro atoms. The van der Waals surface area contributed by atoms with Gasteiger partial charge in [0.25, 0.3) is 0 Å². The van der Waals surface area contributed by atoms with Gasteiger partial charge in [-0.15, -0.1) is 5.10 Å². The van der Waals surface area contributed by atoms with Crippen molar-refractivity contribution in [3.63, 3.8) is 0 Å². The van der Waals surface area contributed by atoms with Crippen LogP contribution in [0.5, 0.6) is 0 Å². The monoisotopic (exact) mass is 392 g/mol. The average molecular weight is 393 g/mol. The first-order chi connectivity index (χ1) is 13.8. The molecule has 4 rings (SSSR count). The molecule has 0 amide bonds. The van der Waals surface area contributed by atoms with Crippen molar-refractivity contribution in [3.8, 4) is 22.9 Å². The minimum Gasteiger partial charge on any atom is -0.370 e. The summed E-state index contributed by atoms with van der Waals surface area (Å²) in [7, 11) is 0. The third kappa shape index (κ3) is 3.95. The molecule has 1 aliphatic heterocycles. The molecule has 29 heavy (non-hydrogen) atoms. The van der Waals surface area contributed by atoms with Gasteiger partial charge in [0.1, 0.15) is 5.69 Å². The van der Waals surface area contributed by atoms with Gasteiger partial charge in [0, 0.05) is 30.9 Å². The largest absolute Gasteiger partial charge is 0.370 e. The summed E-state index contributed by atoms with van der Waals surface area (Å²) in [4.78, 5) is 26.0. The highest BCUT2D eigenvalue weighted by Gasteiger charge is 2.27. The smallest absolute Gasteiger partial charge is 0.247 e. The molecule has 0 aromatic carbocycles. The normalized spacial score (nSPS) is 15.7. The van der Waals surface area contributed by atoms with Crippen LogP contribution in [-0.2, 0) is 0 Å². The number of H-pyrrole nitrogens is 1. The zero-order chi connectivity index (χ0) is 20.6. The molecule has 1 unspecified atom stereocenters. The van der Waals surface area contributed by atoms with Crippen LogP contribution in [0.1, 0.15) is 46.6 Å². The van der Waals surface area contributed by atoms with Gasteiger partial charge in [-0.2, -0.15) is 0 Å². The summed E-state index contributed by atoms with van der Waals surface area (Å²) < 4.78 is 1.94. The van der Waals surface area contributed by atoms with Crippen molar-refractivity contribution in [1.82, 2.24) is 24.7 Å². The van der Waals surface area contributed by atoms with E-state index in [9.17, 15) is 4.79 Å². The van der Waals surface area contributed by atoms with E-state index in [1.807, 2.05) is 16.9 Å². The van der Waals surface area contributed by atoms with E-state index in [-0.39, 0.29) is 17.0 Å². The number of aromatic amines is 1. The molecule has 1 N–H and O–H groups in total. The van der Waals surface area contributed by atoms with Crippen LogP contribution in [0.2, 0.25) is 0 Å². The Hall–Kier alpha value is -2.96. The van der Waals surface area contributed by atoms with Crippen LogP contribution in [0, 0.1) is 5.41 Å². The first kappa shape index (κ1) is 19.4. The molecule has 7 nitrogen and oxygen atoms in total. The Balaban J connectivity index is 1.74. The standard InChI is InChI=1S/C22H28N6O/c1-15(22(2,3)4)28-21(16-7-10-19(29)24-13-16)25-20(26-28)18-9-8-17(14-23-18)27-11-5-6-12-27/h7-10,13-15H,5-6,11-12H2,1-4H3,(H,24,29). The lowest BCUT2D eigenvalue weighted by atomic mass is 9.88. The number of nitrogens with one attached hydrogen (secondary N) is 1. The maximum Gasteiger partial charge on any atom is 0.247 e. The number of aromatic nitrogens is 5. The highest BCUT2D eigenvalue weighted by molar-refractivity contribution is 5.60. The van der Waals surface area contributed by atoms with Crippen LogP contribution in [0.4, 0.5) is 5.69 Å². The summed E-state index contributed by atoms with van der Waals surface area (Å²) in [6.45, 7) is 10.9. The van der Waals surface area contributed by atoms with E-state index in [2.05, 4.69) is 48.6 Å². The highest BCUT2D eigenvalue weighted by Crippen LogP contribution is 2.34. The van der Waals surface area contributed by atoms with Crippen LogP contribution in [0.15, 0.2) is 41.5 Å². The van der Waals surface area contributed by atoms with E-state index in [1.54, 1.807) is 12.3 Å². The minimum absolute atomic E-state index is 0.00501. The van der Waals surface area contributed by atoms with E-state index in [0.717, 1.165) is 35.9 Å². The highest BCUT2D eigenvalue weighted by atomic mass is 16.1. The first-order valence-corrected chi connectivity index (χ1v) is 10.2. The Morgan fingerprint density at radius 2 is 1.86 bits per heavy atom. The molecule has 0 radical (unpaired) electrons. The predicted molar refractivity (Wildman–Crippen MR) is 115 cm³/mol. The maximum absolute atomic E-state index is 11.5. The van der Waals surface area contributed by atoms with Gasteiger partial charge in [0.15, 0.2) is 11.6 Å². The summed E-state index contributed by atoms with van der Waals surface area (Å²) in [5, 5.41) is 4.81. The van der Waals surface area contributed by atoms with Crippen LogP contribution >= 0.6 is 0 Å². The zero-order valence-corrected chi connectivity index (χ0v) is 17.5. The average Bonchev–Trinajstić information content (AvgIpc) is 3.38. The number of hydrogen-bond donors (Lipinski definition) is 1. The van der Waals surface area contributed by atoms with Crippen molar-refractivity contribution in [2.75, 3.05) is 18.0 Å². The van der Waals surface area contributed by atoms with Gasteiger partial charge < -0.3 is 9.88 Å². The Morgan fingerprint density at radius 1 is 1.10 bits per heavy atom. The molecule has 1 aliphatic rings. The molecular formula is C22H28N6O. The fraction of sp³-hybridized carbons (Fsp3) is 0.455. The van der Waals surface area contributed by atoms with Crippen molar-refractivity contribution in [2.45, 2.75) is 46.6 Å². The topological polar surface area (TPSA) is 79.7 Å². The quantitative estimate of drug-likeness (QED) is 0.728. The van der Waals surface area contributed by atoms with Crippen molar-refractivity contribution >= 4 is 5.69 Å². The number of anilines is 1. The van der Waals surface area contributed by atoms with Gasteiger partial charge in [-0.25, -0.2) is 9.67 Å². The molecule has 0 saturated carbocycles. The molecule has 152 valence electrons. The van der Waals surface area contributed by atoms with Crippen molar-refractivity contribution in [3.05, 3.63) is 47.0 Å². The molecule has 3 aromatic rings. The summed E-state index contributed by atoms with van der Waals surface area (Å²) in [6.07, 6.45) is 6.07. The molecule has 3 aromatic heterocycles. The van der Waals surface area contributed by atoms with Crippen LogP contribution in [0.3, 0.4) is 0 Å². The maximum atomic E-state index is 11.5. The zero-order valence-electron chi connectivity index (χ0n) is 17.5. The number of nitrogens with zero attached hydrogens (tertiary/aromatic N) is 5. The van der Waals surface area contributed by atoms with E-state index in [1.165, 1.54) is 18.9 Å². The number of pyridine rings is 2. The third-order valence-corrected chi connectivity index (χ3v) is 5.74. The minimum atomic E-state index is -0.136. The van der Waals surface area contributed by atoms with Crippen LogP contribution in [0.25, 0.3) is 22.9 Å². The molecule has 1 saturated heterocycles.